The van der Waals surface area contributed by atoms with Gasteiger partial charge in [0.15, 0.2) is 0 Å². The van der Waals surface area contributed by atoms with Gasteiger partial charge in [-0.3, -0.25) is 4.79 Å². The molecule has 0 aliphatic rings. The third kappa shape index (κ3) is 3.70. The molecule has 23 heavy (non-hydrogen) atoms. The zero-order chi connectivity index (χ0) is 16.1. The first-order valence-corrected chi connectivity index (χ1v) is 7.47. The summed E-state index contributed by atoms with van der Waals surface area (Å²) in [5, 5.41) is 15.7. The fourth-order valence-corrected chi connectivity index (χ4v) is 2.36. The number of para-hydroxylation sites is 1. The van der Waals surface area contributed by atoms with E-state index in [0.29, 0.717) is 12.1 Å². The van der Waals surface area contributed by atoms with Crippen LogP contribution >= 0.6 is 0 Å². The molecule has 0 spiro atoms. The molecule has 1 heterocycles. The maximum absolute atomic E-state index is 11.9. The van der Waals surface area contributed by atoms with E-state index in [2.05, 4.69) is 10.6 Å². The van der Waals surface area contributed by atoms with Crippen molar-refractivity contribution in [3.8, 4) is 0 Å². The van der Waals surface area contributed by atoms with Gasteiger partial charge in [0, 0.05) is 23.2 Å². The largest absolute Gasteiger partial charge is 0.459 e. The average Bonchev–Trinajstić information content (AvgIpc) is 3.01. The number of aliphatic hydroxyl groups excluding tert-OH is 1. The van der Waals surface area contributed by atoms with Gasteiger partial charge in [-0.15, -0.1) is 0 Å². The van der Waals surface area contributed by atoms with Gasteiger partial charge in [-0.2, -0.15) is 0 Å². The molecule has 3 N–H and O–H groups in total. The Morgan fingerprint density at radius 2 is 1.96 bits per heavy atom. The first-order chi connectivity index (χ1) is 11.3. The SMILES string of the molecule is O=C(NCCO)c1cccc(NCc2cc3ccccc3o2)c1. The summed E-state index contributed by atoms with van der Waals surface area (Å²) in [6.07, 6.45) is 0. The van der Waals surface area contributed by atoms with Crippen molar-refractivity contribution in [2.45, 2.75) is 6.54 Å². The van der Waals surface area contributed by atoms with Gasteiger partial charge in [0.2, 0.25) is 0 Å². The highest BCUT2D eigenvalue weighted by Crippen LogP contribution is 2.20. The number of aliphatic hydroxyl groups is 1. The van der Waals surface area contributed by atoms with Crippen LogP contribution in [0.25, 0.3) is 11.0 Å². The number of benzene rings is 2. The van der Waals surface area contributed by atoms with Crippen LogP contribution in [0.2, 0.25) is 0 Å². The number of furan rings is 1. The molecule has 1 amide bonds. The van der Waals surface area contributed by atoms with E-state index in [1.807, 2.05) is 42.5 Å². The third-order valence-electron chi connectivity index (χ3n) is 3.47. The molecule has 2 aromatic carbocycles. The topological polar surface area (TPSA) is 74.5 Å². The summed E-state index contributed by atoms with van der Waals surface area (Å²) in [4.78, 5) is 11.9. The highest BCUT2D eigenvalue weighted by molar-refractivity contribution is 5.95. The number of hydrogen-bond donors (Lipinski definition) is 3. The van der Waals surface area contributed by atoms with Crippen LogP contribution in [-0.2, 0) is 6.54 Å². The summed E-state index contributed by atoms with van der Waals surface area (Å²) in [5.41, 5.74) is 2.25. The van der Waals surface area contributed by atoms with E-state index in [4.69, 9.17) is 9.52 Å². The first kappa shape index (κ1) is 15.1. The third-order valence-corrected chi connectivity index (χ3v) is 3.47. The van der Waals surface area contributed by atoms with Crippen molar-refractivity contribution in [3.63, 3.8) is 0 Å². The fraction of sp³-hybridized carbons (Fsp3) is 0.167. The Kier molecular flexibility index (Phi) is 4.59. The summed E-state index contributed by atoms with van der Waals surface area (Å²) in [7, 11) is 0. The molecule has 0 radical (unpaired) electrons. The lowest BCUT2D eigenvalue weighted by Crippen LogP contribution is -2.26. The second kappa shape index (κ2) is 6.98. The molecule has 3 aromatic rings. The van der Waals surface area contributed by atoms with E-state index >= 15 is 0 Å². The highest BCUT2D eigenvalue weighted by atomic mass is 16.3. The summed E-state index contributed by atoms with van der Waals surface area (Å²) >= 11 is 0. The molecule has 0 saturated heterocycles. The molecular formula is C18H18N2O3. The van der Waals surface area contributed by atoms with Crippen LogP contribution in [0.3, 0.4) is 0 Å². The lowest BCUT2D eigenvalue weighted by molar-refractivity contribution is 0.0945. The predicted molar refractivity (Wildman–Crippen MR) is 89.4 cm³/mol. The summed E-state index contributed by atoms with van der Waals surface area (Å²) in [5.74, 6) is 0.632. The second-order valence-corrected chi connectivity index (χ2v) is 5.16. The maximum atomic E-state index is 11.9. The highest BCUT2D eigenvalue weighted by Gasteiger charge is 2.06. The van der Waals surface area contributed by atoms with E-state index < -0.39 is 0 Å². The van der Waals surface area contributed by atoms with E-state index in [1.165, 1.54) is 0 Å². The number of hydrogen-bond acceptors (Lipinski definition) is 4. The number of carbonyl (C=O) groups excluding carboxylic acids is 1. The van der Waals surface area contributed by atoms with Crippen molar-refractivity contribution >= 4 is 22.6 Å². The van der Waals surface area contributed by atoms with Gasteiger partial charge in [0.1, 0.15) is 11.3 Å². The van der Waals surface area contributed by atoms with Crippen LogP contribution < -0.4 is 10.6 Å². The van der Waals surface area contributed by atoms with Gasteiger partial charge < -0.3 is 20.2 Å². The molecule has 5 heteroatoms. The van der Waals surface area contributed by atoms with Crippen molar-refractivity contribution in [2.75, 3.05) is 18.5 Å². The van der Waals surface area contributed by atoms with Crippen molar-refractivity contribution in [1.29, 1.82) is 0 Å². The zero-order valence-electron chi connectivity index (χ0n) is 12.6. The molecule has 0 atom stereocenters. The molecule has 118 valence electrons. The Morgan fingerprint density at radius 1 is 1.09 bits per heavy atom. The van der Waals surface area contributed by atoms with Gasteiger partial charge in [0.05, 0.1) is 13.2 Å². The number of rotatable bonds is 6. The summed E-state index contributed by atoms with van der Waals surface area (Å²) in [6.45, 7) is 0.710. The second-order valence-electron chi connectivity index (χ2n) is 5.16. The number of amides is 1. The lowest BCUT2D eigenvalue weighted by Gasteiger charge is -2.07. The molecular weight excluding hydrogens is 292 g/mol. The molecule has 0 fully saturated rings. The number of nitrogens with one attached hydrogen (secondary N) is 2. The molecule has 0 unspecified atom stereocenters. The van der Waals surface area contributed by atoms with Gasteiger partial charge in [0.25, 0.3) is 5.91 Å². The van der Waals surface area contributed by atoms with Crippen LogP contribution in [0.15, 0.2) is 59.0 Å². The number of carbonyl (C=O) groups is 1. The Bertz CT molecular complexity index is 778. The van der Waals surface area contributed by atoms with Crippen molar-refractivity contribution < 1.29 is 14.3 Å². The Morgan fingerprint density at radius 3 is 2.78 bits per heavy atom. The Balaban J connectivity index is 1.67. The fourth-order valence-electron chi connectivity index (χ4n) is 2.36. The molecule has 3 rings (SSSR count). The zero-order valence-corrected chi connectivity index (χ0v) is 12.6. The van der Waals surface area contributed by atoms with E-state index in [9.17, 15) is 4.79 Å². The molecule has 0 saturated carbocycles. The minimum absolute atomic E-state index is 0.0737. The minimum atomic E-state index is -0.202. The quantitative estimate of drug-likeness (QED) is 0.654. The molecule has 5 nitrogen and oxygen atoms in total. The van der Waals surface area contributed by atoms with Crippen LogP contribution in [0, 0.1) is 0 Å². The maximum Gasteiger partial charge on any atom is 0.251 e. The molecule has 0 aliphatic carbocycles. The first-order valence-electron chi connectivity index (χ1n) is 7.47. The molecule has 0 aliphatic heterocycles. The van der Waals surface area contributed by atoms with Crippen LogP contribution in [0.4, 0.5) is 5.69 Å². The van der Waals surface area contributed by atoms with Crippen molar-refractivity contribution in [1.82, 2.24) is 5.32 Å². The van der Waals surface area contributed by atoms with E-state index in [1.54, 1.807) is 12.1 Å². The van der Waals surface area contributed by atoms with Crippen molar-refractivity contribution in [3.05, 3.63) is 65.9 Å². The number of fused-ring (bicyclic) bond motifs is 1. The lowest BCUT2D eigenvalue weighted by atomic mass is 10.2. The van der Waals surface area contributed by atoms with Crippen LogP contribution in [0.5, 0.6) is 0 Å². The monoisotopic (exact) mass is 310 g/mol. The minimum Gasteiger partial charge on any atom is -0.459 e. The van der Waals surface area contributed by atoms with E-state index in [0.717, 1.165) is 22.4 Å². The van der Waals surface area contributed by atoms with Crippen LogP contribution in [0.1, 0.15) is 16.1 Å². The normalized spacial score (nSPS) is 10.7. The van der Waals surface area contributed by atoms with Gasteiger partial charge in [-0.1, -0.05) is 24.3 Å². The van der Waals surface area contributed by atoms with E-state index in [-0.39, 0.29) is 19.1 Å². The average molecular weight is 310 g/mol. The molecule has 0 bridgehead atoms. The Labute approximate surface area is 133 Å². The standard InChI is InChI=1S/C18H18N2O3/c21-9-8-19-18(22)14-5-3-6-15(10-14)20-12-16-11-13-4-1-2-7-17(13)23-16/h1-7,10-11,20-21H,8-9,12H2,(H,19,22). The molecule has 1 aromatic heterocycles. The summed E-state index contributed by atoms with van der Waals surface area (Å²) in [6, 6.07) is 17.1. The Hall–Kier alpha value is -2.79. The summed E-state index contributed by atoms with van der Waals surface area (Å²) < 4.78 is 5.75. The van der Waals surface area contributed by atoms with Crippen LogP contribution in [-0.4, -0.2) is 24.2 Å². The smallest absolute Gasteiger partial charge is 0.251 e. The van der Waals surface area contributed by atoms with Gasteiger partial charge >= 0.3 is 0 Å². The number of anilines is 1. The predicted octanol–water partition coefficient (Wildman–Crippen LogP) is 2.77. The van der Waals surface area contributed by atoms with Gasteiger partial charge in [-0.25, -0.2) is 0 Å². The van der Waals surface area contributed by atoms with Crippen molar-refractivity contribution in [2.24, 2.45) is 0 Å². The van der Waals surface area contributed by atoms with Gasteiger partial charge in [-0.05, 0) is 30.3 Å².